The van der Waals surface area contributed by atoms with E-state index in [1.807, 2.05) is 20.8 Å². The van der Waals surface area contributed by atoms with Crippen LogP contribution < -0.4 is 19.5 Å². The SMILES string of the molecule is CCC(C)(C)NC(=O)c1ccccc1Oc1nc(OC)cc(OC)n1. The molecule has 0 unspecified atom stereocenters. The molecule has 7 heteroatoms. The normalized spacial score (nSPS) is 10.9. The van der Waals surface area contributed by atoms with Crippen LogP contribution in [0.5, 0.6) is 23.5 Å². The highest BCUT2D eigenvalue weighted by atomic mass is 16.5. The molecule has 0 radical (unpaired) electrons. The summed E-state index contributed by atoms with van der Waals surface area (Å²) in [6.07, 6.45) is 0.804. The van der Waals surface area contributed by atoms with Gasteiger partial charge in [-0.2, -0.15) is 9.97 Å². The molecule has 1 aromatic heterocycles. The molecule has 25 heavy (non-hydrogen) atoms. The predicted octanol–water partition coefficient (Wildman–Crippen LogP) is 3.20. The van der Waals surface area contributed by atoms with Gasteiger partial charge in [-0.15, -0.1) is 0 Å². The first-order valence-electron chi connectivity index (χ1n) is 7.95. The third-order valence-electron chi connectivity index (χ3n) is 3.75. The van der Waals surface area contributed by atoms with Crippen molar-refractivity contribution in [1.82, 2.24) is 15.3 Å². The number of methoxy groups -OCH3 is 2. The summed E-state index contributed by atoms with van der Waals surface area (Å²) in [5.41, 5.74) is 0.0780. The molecule has 0 bridgehead atoms. The molecule has 7 nitrogen and oxygen atoms in total. The number of hydrogen-bond acceptors (Lipinski definition) is 6. The molecule has 0 saturated carbocycles. The van der Waals surface area contributed by atoms with E-state index < -0.39 is 0 Å². The lowest BCUT2D eigenvalue weighted by atomic mass is 10.0. The first-order valence-corrected chi connectivity index (χ1v) is 7.95. The monoisotopic (exact) mass is 345 g/mol. The summed E-state index contributed by atoms with van der Waals surface area (Å²) in [6, 6.07) is 8.49. The van der Waals surface area contributed by atoms with Gasteiger partial charge in [0.25, 0.3) is 5.91 Å². The fourth-order valence-corrected chi connectivity index (χ4v) is 1.94. The fraction of sp³-hybridized carbons (Fsp3) is 0.389. The summed E-state index contributed by atoms with van der Waals surface area (Å²) in [5, 5.41) is 2.98. The zero-order valence-electron chi connectivity index (χ0n) is 15.1. The molecular weight excluding hydrogens is 322 g/mol. The molecule has 0 spiro atoms. The largest absolute Gasteiger partial charge is 0.481 e. The molecule has 134 valence electrons. The lowest BCUT2D eigenvalue weighted by Gasteiger charge is -2.24. The second-order valence-electron chi connectivity index (χ2n) is 6.03. The van der Waals surface area contributed by atoms with Gasteiger partial charge in [0, 0.05) is 5.54 Å². The molecule has 1 amide bonds. The topological polar surface area (TPSA) is 82.6 Å². The summed E-state index contributed by atoms with van der Waals surface area (Å²) in [4.78, 5) is 20.8. The third-order valence-corrected chi connectivity index (χ3v) is 3.75. The summed E-state index contributed by atoms with van der Waals surface area (Å²) >= 11 is 0. The van der Waals surface area contributed by atoms with Crippen molar-refractivity contribution in [3.63, 3.8) is 0 Å². The number of aromatic nitrogens is 2. The molecule has 0 aliphatic carbocycles. The summed E-state index contributed by atoms with van der Waals surface area (Å²) < 4.78 is 15.9. The average molecular weight is 345 g/mol. The first kappa shape index (κ1) is 18.5. The van der Waals surface area contributed by atoms with Gasteiger partial charge in [-0.3, -0.25) is 4.79 Å². The number of rotatable bonds is 7. The van der Waals surface area contributed by atoms with E-state index >= 15 is 0 Å². The van der Waals surface area contributed by atoms with Gasteiger partial charge in [-0.1, -0.05) is 19.1 Å². The van der Waals surface area contributed by atoms with Crippen LogP contribution in [0.25, 0.3) is 0 Å². The summed E-state index contributed by atoms with van der Waals surface area (Å²) in [5.74, 6) is 0.728. The van der Waals surface area contributed by atoms with Gasteiger partial charge in [0.1, 0.15) is 5.75 Å². The van der Waals surface area contributed by atoms with Gasteiger partial charge < -0.3 is 19.5 Å². The van der Waals surface area contributed by atoms with Gasteiger partial charge in [0.15, 0.2) is 0 Å². The molecule has 0 aliphatic rings. The van der Waals surface area contributed by atoms with Crippen molar-refractivity contribution in [1.29, 1.82) is 0 Å². The van der Waals surface area contributed by atoms with Crippen LogP contribution >= 0.6 is 0 Å². The Morgan fingerprint density at radius 2 is 1.72 bits per heavy atom. The molecule has 2 rings (SSSR count). The van der Waals surface area contributed by atoms with E-state index in [0.29, 0.717) is 23.1 Å². The Balaban J connectivity index is 2.31. The molecule has 0 fully saturated rings. The van der Waals surface area contributed by atoms with E-state index in [4.69, 9.17) is 14.2 Å². The van der Waals surface area contributed by atoms with Crippen molar-refractivity contribution in [2.24, 2.45) is 0 Å². The van der Waals surface area contributed by atoms with Crippen molar-refractivity contribution < 1.29 is 19.0 Å². The Bertz CT molecular complexity index is 725. The molecule has 1 heterocycles. The Labute approximate surface area is 147 Å². The molecule has 1 N–H and O–H groups in total. The quantitative estimate of drug-likeness (QED) is 0.830. The molecule has 0 aliphatic heterocycles. The fourth-order valence-electron chi connectivity index (χ4n) is 1.94. The number of para-hydroxylation sites is 1. The van der Waals surface area contributed by atoms with E-state index in [0.717, 1.165) is 6.42 Å². The predicted molar refractivity (Wildman–Crippen MR) is 93.5 cm³/mol. The highest BCUT2D eigenvalue weighted by Gasteiger charge is 2.21. The second-order valence-corrected chi connectivity index (χ2v) is 6.03. The van der Waals surface area contributed by atoms with Crippen molar-refractivity contribution in [3.05, 3.63) is 35.9 Å². The van der Waals surface area contributed by atoms with Gasteiger partial charge >= 0.3 is 6.01 Å². The van der Waals surface area contributed by atoms with Crippen molar-refractivity contribution >= 4 is 5.91 Å². The van der Waals surface area contributed by atoms with Gasteiger partial charge in [-0.25, -0.2) is 0 Å². The number of amides is 1. The third kappa shape index (κ3) is 4.82. The number of benzene rings is 1. The minimum absolute atomic E-state index is 0.0335. The zero-order valence-corrected chi connectivity index (χ0v) is 15.1. The lowest BCUT2D eigenvalue weighted by molar-refractivity contribution is 0.0909. The zero-order chi connectivity index (χ0) is 18.4. The lowest BCUT2D eigenvalue weighted by Crippen LogP contribution is -2.42. The Kier molecular flexibility index (Phi) is 5.80. The van der Waals surface area contributed by atoms with E-state index in [1.165, 1.54) is 20.3 Å². The van der Waals surface area contributed by atoms with Crippen LogP contribution in [0.4, 0.5) is 0 Å². The summed E-state index contributed by atoms with van der Waals surface area (Å²) in [6.45, 7) is 5.94. The van der Waals surface area contributed by atoms with E-state index in [2.05, 4.69) is 15.3 Å². The Morgan fingerprint density at radius 3 is 2.28 bits per heavy atom. The highest BCUT2D eigenvalue weighted by molar-refractivity contribution is 5.97. The van der Waals surface area contributed by atoms with Gasteiger partial charge in [-0.05, 0) is 32.4 Å². The highest BCUT2D eigenvalue weighted by Crippen LogP contribution is 2.26. The number of carbonyl (C=O) groups excluding carboxylic acids is 1. The Morgan fingerprint density at radius 1 is 1.12 bits per heavy atom. The van der Waals surface area contributed by atoms with Crippen molar-refractivity contribution in [2.75, 3.05) is 14.2 Å². The maximum absolute atomic E-state index is 12.6. The average Bonchev–Trinajstić information content (AvgIpc) is 2.61. The number of carbonyl (C=O) groups is 1. The maximum Gasteiger partial charge on any atom is 0.328 e. The number of hydrogen-bond donors (Lipinski definition) is 1. The molecule has 0 atom stereocenters. The minimum atomic E-state index is -0.320. The van der Waals surface area contributed by atoms with E-state index in [-0.39, 0.29) is 17.5 Å². The van der Waals surface area contributed by atoms with Crippen LogP contribution in [0.2, 0.25) is 0 Å². The molecule has 2 aromatic rings. The van der Waals surface area contributed by atoms with Gasteiger partial charge in [0.2, 0.25) is 11.8 Å². The number of nitrogens with zero attached hydrogens (tertiary/aromatic N) is 2. The minimum Gasteiger partial charge on any atom is -0.481 e. The Hall–Kier alpha value is -2.83. The van der Waals surface area contributed by atoms with E-state index in [1.54, 1.807) is 24.3 Å². The summed E-state index contributed by atoms with van der Waals surface area (Å²) in [7, 11) is 2.97. The van der Waals surface area contributed by atoms with Crippen molar-refractivity contribution in [3.8, 4) is 23.5 Å². The molecule has 0 saturated heterocycles. The van der Waals surface area contributed by atoms with E-state index in [9.17, 15) is 4.79 Å². The van der Waals surface area contributed by atoms with Crippen LogP contribution in [-0.2, 0) is 0 Å². The van der Waals surface area contributed by atoms with Crippen LogP contribution in [0.1, 0.15) is 37.6 Å². The molecular formula is C18H23N3O4. The van der Waals surface area contributed by atoms with Crippen LogP contribution in [0, 0.1) is 0 Å². The second kappa shape index (κ2) is 7.83. The van der Waals surface area contributed by atoms with Crippen LogP contribution in [0.3, 0.4) is 0 Å². The molecule has 1 aromatic carbocycles. The van der Waals surface area contributed by atoms with Crippen LogP contribution in [0.15, 0.2) is 30.3 Å². The standard InChI is InChI=1S/C18H23N3O4/c1-6-18(2,3)21-16(22)12-9-7-8-10-13(12)25-17-19-14(23-4)11-15(20-17)24-5/h7-11H,6H2,1-5H3,(H,21,22). The van der Waals surface area contributed by atoms with Crippen molar-refractivity contribution in [2.45, 2.75) is 32.7 Å². The number of ether oxygens (including phenoxy) is 3. The first-order chi connectivity index (χ1) is 11.9. The number of nitrogens with one attached hydrogen (secondary N) is 1. The maximum atomic E-state index is 12.6. The van der Waals surface area contributed by atoms with Crippen LogP contribution in [-0.4, -0.2) is 35.6 Å². The smallest absolute Gasteiger partial charge is 0.328 e. The van der Waals surface area contributed by atoms with Gasteiger partial charge in [0.05, 0.1) is 25.8 Å².